The molecule has 24 heavy (non-hydrogen) atoms. The summed E-state index contributed by atoms with van der Waals surface area (Å²) in [5, 5.41) is 12.1. The molecule has 0 aliphatic rings. The Morgan fingerprint density at radius 3 is 2.29 bits per heavy atom. The van der Waals surface area contributed by atoms with Crippen molar-refractivity contribution in [1.29, 1.82) is 0 Å². The number of rotatable bonds is 7. The summed E-state index contributed by atoms with van der Waals surface area (Å²) in [5.41, 5.74) is 1.51. The maximum absolute atomic E-state index is 12.1. The number of aliphatic carboxylic acids is 1. The number of anilines is 1. The standard InChI is InChI=1S/C18H18INO4/c1-24-16-8-2-12(3-9-16)10-13(18(22)23)11-17(21)20-15-6-4-14(19)5-7-15/h2-9,13H,10-11H2,1H3,(H,20,21)(H,22,23)/t13-/m0/s1. The van der Waals surface area contributed by atoms with Crippen molar-refractivity contribution in [2.45, 2.75) is 12.8 Å². The van der Waals surface area contributed by atoms with Crippen molar-refractivity contribution in [2.24, 2.45) is 5.92 Å². The number of carbonyl (C=O) groups is 2. The minimum absolute atomic E-state index is 0.0760. The first-order chi connectivity index (χ1) is 11.5. The van der Waals surface area contributed by atoms with E-state index in [2.05, 4.69) is 27.9 Å². The van der Waals surface area contributed by atoms with Gasteiger partial charge in [-0.2, -0.15) is 0 Å². The topological polar surface area (TPSA) is 75.6 Å². The van der Waals surface area contributed by atoms with Crippen molar-refractivity contribution in [3.8, 4) is 5.75 Å². The Labute approximate surface area is 154 Å². The molecule has 0 aliphatic heterocycles. The van der Waals surface area contributed by atoms with Crippen molar-refractivity contribution < 1.29 is 19.4 Å². The van der Waals surface area contributed by atoms with E-state index >= 15 is 0 Å². The number of benzene rings is 2. The third-order valence-corrected chi connectivity index (χ3v) is 4.27. The molecule has 2 rings (SSSR count). The lowest BCUT2D eigenvalue weighted by Crippen LogP contribution is -2.24. The van der Waals surface area contributed by atoms with Gasteiger partial charge in [-0.15, -0.1) is 0 Å². The van der Waals surface area contributed by atoms with Gasteiger partial charge in [-0.25, -0.2) is 0 Å². The summed E-state index contributed by atoms with van der Waals surface area (Å²) in [4.78, 5) is 23.6. The van der Waals surface area contributed by atoms with Gasteiger partial charge in [-0.3, -0.25) is 9.59 Å². The maximum Gasteiger partial charge on any atom is 0.307 e. The summed E-state index contributed by atoms with van der Waals surface area (Å²) in [7, 11) is 1.57. The number of amides is 1. The number of nitrogens with one attached hydrogen (secondary N) is 1. The minimum atomic E-state index is -0.983. The average Bonchev–Trinajstić information content (AvgIpc) is 2.57. The number of hydrogen-bond donors (Lipinski definition) is 2. The third-order valence-electron chi connectivity index (χ3n) is 3.55. The highest BCUT2D eigenvalue weighted by Crippen LogP contribution is 2.18. The molecule has 2 aromatic carbocycles. The van der Waals surface area contributed by atoms with Crippen LogP contribution in [0.15, 0.2) is 48.5 Å². The Morgan fingerprint density at radius 2 is 1.75 bits per heavy atom. The van der Waals surface area contributed by atoms with Crippen LogP contribution in [0.2, 0.25) is 0 Å². The highest BCUT2D eigenvalue weighted by Gasteiger charge is 2.22. The van der Waals surface area contributed by atoms with E-state index in [-0.39, 0.29) is 12.3 Å². The van der Waals surface area contributed by atoms with Crippen LogP contribution in [0, 0.1) is 9.49 Å². The van der Waals surface area contributed by atoms with E-state index in [1.807, 2.05) is 24.3 Å². The summed E-state index contributed by atoms with van der Waals surface area (Å²) in [6, 6.07) is 14.5. The summed E-state index contributed by atoms with van der Waals surface area (Å²) in [6.45, 7) is 0. The molecule has 0 aromatic heterocycles. The van der Waals surface area contributed by atoms with Crippen LogP contribution in [0.1, 0.15) is 12.0 Å². The normalized spacial score (nSPS) is 11.6. The average molecular weight is 439 g/mol. The molecule has 1 amide bonds. The zero-order valence-corrected chi connectivity index (χ0v) is 15.3. The van der Waals surface area contributed by atoms with Gasteiger partial charge in [-0.05, 0) is 71.0 Å². The molecule has 2 aromatic rings. The van der Waals surface area contributed by atoms with Crippen molar-refractivity contribution in [2.75, 3.05) is 12.4 Å². The number of carboxylic acids is 1. The maximum atomic E-state index is 12.1. The van der Waals surface area contributed by atoms with E-state index in [9.17, 15) is 14.7 Å². The number of halogens is 1. The van der Waals surface area contributed by atoms with Crippen LogP contribution in [0.5, 0.6) is 5.75 Å². The van der Waals surface area contributed by atoms with Gasteiger partial charge in [0.1, 0.15) is 5.75 Å². The molecular weight excluding hydrogens is 421 g/mol. The summed E-state index contributed by atoms with van der Waals surface area (Å²) in [5.74, 6) is -1.36. The SMILES string of the molecule is COc1ccc(C[C@@H](CC(=O)Nc2ccc(I)cc2)C(=O)O)cc1. The lowest BCUT2D eigenvalue weighted by molar-refractivity contribution is -0.143. The Balaban J connectivity index is 1.97. The van der Waals surface area contributed by atoms with E-state index < -0.39 is 11.9 Å². The van der Waals surface area contributed by atoms with Gasteiger partial charge in [0.25, 0.3) is 0 Å². The fraction of sp³-hybridized carbons (Fsp3) is 0.222. The van der Waals surface area contributed by atoms with Gasteiger partial charge >= 0.3 is 5.97 Å². The monoisotopic (exact) mass is 439 g/mol. The smallest absolute Gasteiger partial charge is 0.307 e. The Hall–Kier alpha value is -2.09. The lowest BCUT2D eigenvalue weighted by atomic mass is 9.96. The van der Waals surface area contributed by atoms with Crippen molar-refractivity contribution in [1.82, 2.24) is 0 Å². The van der Waals surface area contributed by atoms with Crippen LogP contribution in [0.25, 0.3) is 0 Å². The third kappa shape index (κ3) is 5.52. The van der Waals surface area contributed by atoms with Gasteiger partial charge in [0.15, 0.2) is 0 Å². The van der Waals surface area contributed by atoms with Crippen LogP contribution >= 0.6 is 22.6 Å². The highest BCUT2D eigenvalue weighted by molar-refractivity contribution is 14.1. The first kappa shape index (κ1) is 18.3. The second kappa shape index (κ2) is 8.68. The summed E-state index contributed by atoms with van der Waals surface area (Å²) >= 11 is 2.18. The van der Waals surface area contributed by atoms with E-state index in [0.29, 0.717) is 17.9 Å². The molecule has 126 valence electrons. The summed E-state index contributed by atoms with van der Waals surface area (Å²) < 4.78 is 6.14. The van der Waals surface area contributed by atoms with Crippen molar-refractivity contribution in [3.63, 3.8) is 0 Å². The van der Waals surface area contributed by atoms with E-state index in [1.54, 1.807) is 31.4 Å². The molecule has 0 fully saturated rings. The van der Waals surface area contributed by atoms with Crippen molar-refractivity contribution in [3.05, 3.63) is 57.7 Å². The van der Waals surface area contributed by atoms with E-state index in [0.717, 1.165) is 9.13 Å². The number of ether oxygens (including phenoxy) is 1. The molecule has 6 heteroatoms. The van der Waals surface area contributed by atoms with Crippen molar-refractivity contribution >= 4 is 40.2 Å². The Kier molecular flexibility index (Phi) is 6.60. The zero-order chi connectivity index (χ0) is 17.5. The molecule has 0 bridgehead atoms. The van der Waals surface area contributed by atoms with Gasteiger partial charge in [-0.1, -0.05) is 12.1 Å². The second-order valence-corrected chi connectivity index (χ2v) is 6.59. The first-order valence-corrected chi connectivity index (χ1v) is 8.47. The van der Waals surface area contributed by atoms with Gasteiger partial charge in [0, 0.05) is 15.7 Å². The quantitative estimate of drug-likeness (QED) is 0.647. The van der Waals surface area contributed by atoms with Gasteiger partial charge in [0.2, 0.25) is 5.91 Å². The van der Waals surface area contributed by atoms with Crippen LogP contribution in [-0.4, -0.2) is 24.1 Å². The predicted molar refractivity (Wildman–Crippen MR) is 100 cm³/mol. The second-order valence-electron chi connectivity index (χ2n) is 5.35. The molecule has 0 saturated carbocycles. The fourth-order valence-corrected chi connectivity index (χ4v) is 2.62. The fourth-order valence-electron chi connectivity index (χ4n) is 2.26. The molecule has 1 atom stereocenters. The summed E-state index contributed by atoms with van der Waals surface area (Å²) in [6.07, 6.45) is 0.215. The number of carboxylic acid groups (broad SMARTS) is 1. The lowest BCUT2D eigenvalue weighted by Gasteiger charge is -2.13. The molecule has 0 spiro atoms. The molecule has 0 radical (unpaired) electrons. The zero-order valence-electron chi connectivity index (χ0n) is 13.2. The molecule has 0 unspecified atom stereocenters. The number of hydrogen-bond acceptors (Lipinski definition) is 3. The van der Waals surface area contributed by atoms with Crippen LogP contribution in [-0.2, 0) is 16.0 Å². The molecule has 0 aliphatic carbocycles. The highest BCUT2D eigenvalue weighted by atomic mass is 127. The van der Waals surface area contributed by atoms with Gasteiger partial charge < -0.3 is 15.2 Å². The Bertz CT molecular complexity index is 698. The van der Waals surface area contributed by atoms with E-state index in [1.165, 1.54) is 0 Å². The Morgan fingerprint density at radius 1 is 1.12 bits per heavy atom. The van der Waals surface area contributed by atoms with Gasteiger partial charge in [0.05, 0.1) is 13.0 Å². The molecule has 0 saturated heterocycles. The number of carbonyl (C=O) groups excluding carboxylic acids is 1. The van der Waals surface area contributed by atoms with E-state index in [4.69, 9.17) is 4.74 Å². The molecule has 0 heterocycles. The molecule has 2 N–H and O–H groups in total. The molecule has 5 nitrogen and oxygen atoms in total. The largest absolute Gasteiger partial charge is 0.497 e. The minimum Gasteiger partial charge on any atom is -0.497 e. The van der Waals surface area contributed by atoms with Crippen LogP contribution in [0.4, 0.5) is 5.69 Å². The molecular formula is C18H18INO4. The predicted octanol–water partition coefficient (Wildman–Crippen LogP) is 3.57. The first-order valence-electron chi connectivity index (χ1n) is 7.39. The van der Waals surface area contributed by atoms with Crippen LogP contribution in [0.3, 0.4) is 0 Å². The van der Waals surface area contributed by atoms with Crippen LogP contribution < -0.4 is 10.1 Å². The number of methoxy groups -OCH3 is 1.